The predicted octanol–water partition coefficient (Wildman–Crippen LogP) is 2.02. The molecule has 6 atom stereocenters. The van der Waals surface area contributed by atoms with E-state index >= 15 is 0 Å². The number of fused-ring (bicyclic) bond motifs is 2. The molecule has 2 aliphatic rings. The van der Waals surface area contributed by atoms with Crippen molar-refractivity contribution in [2.75, 3.05) is 20.8 Å². The molecule has 0 saturated heterocycles. The van der Waals surface area contributed by atoms with Crippen LogP contribution in [0.3, 0.4) is 0 Å². The molecular weight excluding hydrogens is 558 g/mol. The average Bonchev–Trinajstić information content (AvgIpc) is 2.94. The largest absolute Gasteiger partial charge is 0.439 e. The van der Waals surface area contributed by atoms with Crippen LogP contribution in [0.1, 0.15) is 47.5 Å². The smallest absolute Gasteiger partial charge is 0.405 e. The first-order valence-corrected chi connectivity index (χ1v) is 14.0. The van der Waals surface area contributed by atoms with Gasteiger partial charge in [0.15, 0.2) is 6.10 Å². The maximum absolute atomic E-state index is 13.7. The summed E-state index contributed by atoms with van der Waals surface area (Å²) in [6, 6.07) is 0. The molecule has 2 bridgehead atoms. The number of allylic oxidation sites excluding steroid dienone is 4. The number of aliphatic hydroxyl groups is 1. The molecule has 2 amide bonds. The summed E-state index contributed by atoms with van der Waals surface area (Å²) in [6.07, 6.45) is 3.02. The van der Waals surface area contributed by atoms with E-state index in [1.807, 2.05) is 6.92 Å². The van der Waals surface area contributed by atoms with Crippen molar-refractivity contribution in [3.05, 3.63) is 58.5 Å². The molecular formula is C31H43N3O9. The lowest BCUT2D eigenvalue weighted by molar-refractivity contribution is -0.131. The fourth-order valence-electron chi connectivity index (χ4n) is 5.18. The molecule has 0 aromatic heterocycles. The number of Topliss-reactive ketones (excluding diaryl/α,β-unsaturated/α-hetero) is 2. The van der Waals surface area contributed by atoms with E-state index in [0.29, 0.717) is 5.57 Å². The SMILES string of the molecule is COC1/C=C\C=C(/C)C(=O)N(CC(C)=O)C2=CC(=O)C(N)=C(C[C@@H](C)C[C@H](OC)[C@H](O)[C@@H](C)/C=C(\C)[C@@H]1OC(N)=O)C2=O. The lowest BCUT2D eigenvalue weighted by atomic mass is 9.85. The van der Waals surface area contributed by atoms with Gasteiger partial charge in [-0.25, -0.2) is 4.79 Å². The quantitative estimate of drug-likeness (QED) is 0.311. The van der Waals surface area contributed by atoms with Crippen molar-refractivity contribution in [1.29, 1.82) is 0 Å². The summed E-state index contributed by atoms with van der Waals surface area (Å²) in [5.74, 6) is -3.14. The van der Waals surface area contributed by atoms with Crippen molar-refractivity contribution in [3.63, 3.8) is 0 Å². The number of hydrogen-bond acceptors (Lipinski definition) is 10. The number of amides is 2. The fraction of sp³-hybridized carbons (Fsp3) is 0.516. The summed E-state index contributed by atoms with van der Waals surface area (Å²) in [6.45, 7) is 7.60. The maximum Gasteiger partial charge on any atom is 0.405 e. The van der Waals surface area contributed by atoms with Gasteiger partial charge in [0.05, 0.1) is 30.1 Å². The summed E-state index contributed by atoms with van der Waals surface area (Å²) in [4.78, 5) is 65.0. The van der Waals surface area contributed by atoms with Crippen LogP contribution in [-0.2, 0) is 33.4 Å². The van der Waals surface area contributed by atoms with Crippen molar-refractivity contribution in [3.8, 4) is 0 Å². The number of nitrogens with two attached hydrogens (primary N) is 2. The Bertz CT molecular complexity index is 1280. The van der Waals surface area contributed by atoms with Crippen LogP contribution in [0.5, 0.6) is 0 Å². The van der Waals surface area contributed by atoms with Gasteiger partial charge >= 0.3 is 6.09 Å². The van der Waals surface area contributed by atoms with E-state index in [9.17, 15) is 29.1 Å². The summed E-state index contributed by atoms with van der Waals surface area (Å²) < 4.78 is 16.5. The van der Waals surface area contributed by atoms with Gasteiger partial charge in [0.2, 0.25) is 11.6 Å². The summed E-state index contributed by atoms with van der Waals surface area (Å²) in [5, 5.41) is 11.2. The minimum Gasteiger partial charge on any atom is -0.439 e. The molecule has 0 saturated carbocycles. The third kappa shape index (κ3) is 9.06. The van der Waals surface area contributed by atoms with Crippen molar-refractivity contribution in [2.24, 2.45) is 23.3 Å². The van der Waals surface area contributed by atoms with Crippen LogP contribution in [0.15, 0.2) is 58.5 Å². The molecule has 0 radical (unpaired) electrons. The van der Waals surface area contributed by atoms with Gasteiger partial charge in [0, 0.05) is 37.4 Å². The zero-order chi connectivity index (χ0) is 32.6. The highest BCUT2D eigenvalue weighted by molar-refractivity contribution is 6.23. The number of rotatable bonds is 5. The molecule has 12 heteroatoms. The van der Waals surface area contributed by atoms with Gasteiger partial charge < -0.3 is 30.8 Å². The Morgan fingerprint density at radius 3 is 2.33 bits per heavy atom. The highest BCUT2D eigenvalue weighted by Crippen LogP contribution is 2.30. The first-order valence-electron chi connectivity index (χ1n) is 14.0. The molecule has 1 unspecified atom stereocenters. The molecule has 43 heavy (non-hydrogen) atoms. The number of aliphatic hydroxyl groups excluding tert-OH is 1. The van der Waals surface area contributed by atoms with Gasteiger partial charge in [-0.1, -0.05) is 38.2 Å². The number of primary amides is 1. The first-order chi connectivity index (χ1) is 20.1. The zero-order valence-corrected chi connectivity index (χ0v) is 25.8. The molecule has 236 valence electrons. The number of carbonyl (C=O) groups excluding carboxylic acids is 5. The van der Waals surface area contributed by atoms with E-state index in [2.05, 4.69) is 0 Å². The fourth-order valence-corrected chi connectivity index (χ4v) is 5.18. The molecule has 12 nitrogen and oxygen atoms in total. The Morgan fingerprint density at radius 2 is 1.77 bits per heavy atom. The summed E-state index contributed by atoms with van der Waals surface area (Å²) in [7, 11) is 2.86. The number of nitrogens with zero attached hydrogens (tertiary/aromatic N) is 1. The number of ether oxygens (including phenoxy) is 3. The lowest BCUT2D eigenvalue weighted by Crippen LogP contribution is -2.41. The van der Waals surface area contributed by atoms with E-state index in [1.54, 1.807) is 26.0 Å². The van der Waals surface area contributed by atoms with E-state index in [1.165, 1.54) is 40.2 Å². The minimum absolute atomic E-state index is 0.0262. The molecule has 1 heterocycles. The maximum atomic E-state index is 13.7. The van der Waals surface area contributed by atoms with E-state index in [-0.39, 0.29) is 41.3 Å². The van der Waals surface area contributed by atoms with Crippen LogP contribution >= 0.6 is 0 Å². The van der Waals surface area contributed by atoms with Gasteiger partial charge in [0.1, 0.15) is 11.9 Å². The second kappa shape index (κ2) is 15.6. The minimum atomic E-state index is -1.03. The highest BCUT2D eigenvalue weighted by Gasteiger charge is 2.35. The van der Waals surface area contributed by atoms with E-state index in [4.69, 9.17) is 25.7 Å². The molecule has 2 rings (SSSR count). The Labute approximate surface area is 252 Å². The van der Waals surface area contributed by atoms with Crippen LogP contribution in [0.4, 0.5) is 4.79 Å². The van der Waals surface area contributed by atoms with Gasteiger partial charge in [0.25, 0.3) is 5.91 Å². The van der Waals surface area contributed by atoms with Crippen LogP contribution < -0.4 is 11.5 Å². The Hall–Kier alpha value is -3.87. The lowest BCUT2D eigenvalue weighted by Gasteiger charge is -2.30. The molecule has 0 aromatic rings. The molecule has 0 spiro atoms. The van der Waals surface area contributed by atoms with Crippen molar-refractivity contribution < 1.29 is 43.3 Å². The second-order valence-corrected chi connectivity index (χ2v) is 11.1. The number of hydrogen-bond donors (Lipinski definition) is 3. The van der Waals surface area contributed by atoms with Gasteiger partial charge in [-0.2, -0.15) is 0 Å². The van der Waals surface area contributed by atoms with E-state index in [0.717, 1.165) is 11.0 Å². The molecule has 1 aliphatic carbocycles. The number of methoxy groups -OCH3 is 2. The molecule has 0 fully saturated rings. The molecule has 1 aliphatic heterocycles. The van der Waals surface area contributed by atoms with Gasteiger partial charge in [-0.15, -0.1) is 0 Å². The van der Waals surface area contributed by atoms with Crippen LogP contribution in [0.25, 0.3) is 0 Å². The van der Waals surface area contributed by atoms with E-state index < -0.39 is 66.2 Å². The van der Waals surface area contributed by atoms with Crippen LogP contribution in [0.2, 0.25) is 0 Å². The third-order valence-electron chi connectivity index (χ3n) is 7.46. The topological polar surface area (TPSA) is 189 Å². The summed E-state index contributed by atoms with van der Waals surface area (Å²) >= 11 is 0. The highest BCUT2D eigenvalue weighted by atomic mass is 16.6. The van der Waals surface area contributed by atoms with Gasteiger partial charge in [-0.05, 0) is 45.1 Å². The second-order valence-electron chi connectivity index (χ2n) is 11.1. The zero-order valence-electron chi connectivity index (χ0n) is 25.8. The predicted molar refractivity (Wildman–Crippen MR) is 158 cm³/mol. The van der Waals surface area contributed by atoms with Crippen molar-refractivity contribution in [1.82, 2.24) is 4.90 Å². The first kappa shape index (κ1) is 35.3. The van der Waals surface area contributed by atoms with Crippen LogP contribution in [0, 0.1) is 11.8 Å². The molecule has 5 N–H and O–H groups in total. The molecule has 0 aromatic carbocycles. The Morgan fingerprint density at radius 1 is 1.12 bits per heavy atom. The third-order valence-corrected chi connectivity index (χ3v) is 7.46. The Kier molecular flexibility index (Phi) is 12.8. The van der Waals surface area contributed by atoms with Gasteiger partial charge in [-0.3, -0.25) is 24.1 Å². The van der Waals surface area contributed by atoms with Crippen molar-refractivity contribution in [2.45, 2.75) is 71.9 Å². The number of ketones is 3. The summed E-state index contributed by atoms with van der Waals surface area (Å²) in [5.41, 5.74) is 11.6. The van der Waals surface area contributed by atoms with Crippen molar-refractivity contribution >= 4 is 29.4 Å². The number of carbonyl (C=O) groups is 5. The Balaban J connectivity index is 2.72. The average molecular weight is 602 g/mol. The van der Waals surface area contributed by atoms with Crippen LogP contribution in [-0.4, -0.2) is 84.5 Å². The normalized spacial score (nSPS) is 31.5. The standard InChI is InChI=1S/C31H43N3O9/c1-16-11-21-26(32)23(36)14-22(28(21)38)34(15-20(5)35)30(39)17(2)9-8-10-24(41-6)29(43-31(33)40)19(4)13-18(3)27(37)25(12-16)42-7/h8-10,13-14,16,18,24-25,27,29,37H,11-12,15,32H2,1-7H3,(H2,33,40)/b10-8-,17-9+,19-13+/t16-,18+,24?,25+,27-,29+/m1/s1. The monoisotopic (exact) mass is 601 g/mol.